The third-order valence-corrected chi connectivity index (χ3v) is 5.94. The molecule has 0 bridgehead atoms. The van der Waals surface area contributed by atoms with E-state index < -0.39 is 17.0 Å². The fraction of sp³-hybridized carbons (Fsp3) is 0.304. The van der Waals surface area contributed by atoms with Gasteiger partial charge in [-0.3, -0.25) is 14.5 Å². The summed E-state index contributed by atoms with van der Waals surface area (Å²) in [5.74, 6) is 0.309. The Morgan fingerprint density at radius 3 is 2.61 bits per heavy atom. The number of rotatable bonds is 8. The highest BCUT2D eigenvalue weighted by Gasteiger charge is 2.35. The van der Waals surface area contributed by atoms with Gasteiger partial charge in [-0.15, -0.1) is 0 Å². The molecular formula is C23H23ClFNO4S. The molecule has 31 heavy (non-hydrogen) atoms. The molecule has 164 valence electrons. The third kappa shape index (κ3) is 5.60. The Hall–Kier alpha value is -2.51. The summed E-state index contributed by atoms with van der Waals surface area (Å²) in [6, 6.07) is 9.26. The van der Waals surface area contributed by atoms with Crippen molar-refractivity contribution in [3.05, 3.63) is 63.3 Å². The Labute approximate surface area is 190 Å². The average molecular weight is 464 g/mol. The van der Waals surface area contributed by atoms with Gasteiger partial charge in [-0.2, -0.15) is 0 Å². The fourth-order valence-corrected chi connectivity index (χ4v) is 3.95. The maximum absolute atomic E-state index is 13.3. The third-order valence-electron chi connectivity index (χ3n) is 4.69. The Kier molecular flexibility index (Phi) is 7.62. The number of nitrogens with zero attached hydrogens (tertiary/aromatic N) is 1. The lowest BCUT2D eigenvalue weighted by Crippen LogP contribution is -2.27. The van der Waals surface area contributed by atoms with E-state index in [0.717, 1.165) is 29.1 Å². The summed E-state index contributed by atoms with van der Waals surface area (Å²) in [5.41, 5.74) is 1.21. The number of imide groups is 1. The summed E-state index contributed by atoms with van der Waals surface area (Å²) in [5, 5.41) is -0.236. The first-order chi connectivity index (χ1) is 14.8. The molecule has 1 aliphatic rings. The largest absolute Gasteiger partial charge is 0.490 e. The zero-order chi connectivity index (χ0) is 22.5. The van der Waals surface area contributed by atoms with Crippen LogP contribution in [0.2, 0.25) is 5.02 Å². The standard InChI is InChI=1S/C23H23ClFNO4S/c1-4-14(3)30-19-9-6-15(10-20(19)29-5-2)11-21-22(27)26(23(28)31-21)13-16-7-8-17(25)12-18(16)24/h6-12,14H,4-5,13H2,1-3H3/b21-11+/t14-/m1/s1. The Morgan fingerprint density at radius 1 is 1.16 bits per heavy atom. The van der Waals surface area contributed by atoms with Crippen molar-refractivity contribution in [2.45, 2.75) is 39.8 Å². The smallest absolute Gasteiger partial charge is 0.293 e. The van der Waals surface area contributed by atoms with Gasteiger partial charge in [0.15, 0.2) is 11.5 Å². The van der Waals surface area contributed by atoms with Gasteiger partial charge in [0, 0.05) is 5.02 Å². The van der Waals surface area contributed by atoms with E-state index in [1.807, 2.05) is 26.8 Å². The van der Waals surface area contributed by atoms with Crippen molar-refractivity contribution in [1.29, 1.82) is 0 Å². The summed E-state index contributed by atoms with van der Waals surface area (Å²) in [7, 11) is 0. The minimum atomic E-state index is -0.478. The molecule has 1 aliphatic heterocycles. The fourth-order valence-electron chi connectivity index (χ4n) is 2.89. The molecule has 5 nitrogen and oxygen atoms in total. The molecule has 2 aromatic carbocycles. The van der Waals surface area contributed by atoms with E-state index in [-0.39, 0.29) is 17.7 Å². The Bertz CT molecular complexity index is 1030. The topological polar surface area (TPSA) is 55.8 Å². The molecule has 0 N–H and O–H groups in total. The van der Waals surface area contributed by atoms with Crippen LogP contribution in [0.15, 0.2) is 41.3 Å². The van der Waals surface area contributed by atoms with Crippen molar-refractivity contribution in [2.24, 2.45) is 0 Å². The molecule has 3 rings (SSSR count). The molecule has 0 radical (unpaired) electrons. The van der Waals surface area contributed by atoms with Crippen molar-refractivity contribution in [3.63, 3.8) is 0 Å². The monoisotopic (exact) mass is 463 g/mol. The van der Waals surface area contributed by atoms with Crippen LogP contribution in [0.3, 0.4) is 0 Å². The van der Waals surface area contributed by atoms with E-state index in [4.69, 9.17) is 21.1 Å². The SMILES string of the molecule is CCOc1cc(/C=C2/SC(=O)N(Cc3ccc(F)cc3Cl)C2=O)ccc1O[C@H](C)CC. The quantitative estimate of drug-likeness (QED) is 0.430. The van der Waals surface area contributed by atoms with Crippen LogP contribution in [0.5, 0.6) is 11.5 Å². The zero-order valence-corrected chi connectivity index (χ0v) is 19.1. The molecule has 1 atom stereocenters. The highest BCUT2D eigenvalue weighted by molar-refractivity contribution is 8.18. The van der Waals surface area contributed by atoms with Gasteiger partial charge in [-0.25, -0.2) is 4.39 Å². The molecule has 0 spiro atoms. The van der Waals surface area contributed by atoms with Crippen LogP contribution in [0.25, 0.3) is 6.08 Å². The number of ether oxygens (including phenoxy) is 2. The number of carbonyl (C=O) groups excluding carboxylic acids is 2. The van der Waals surface area contributed by atoms with E-state index >= 15 is 0 Å². The van der Waals surface area contributed by atoms with Crippen LogP contribution in [0, 0.1) is 5.82 Å². The van der Waals surface area contributed by atoms with Crippen LogP contribution in [0.1, 0.15) is 38.3 Å². The van der Waals surface area contributed by atoms with E-state index in [1.165, 1.54) is 12.1 Å². The van der Waals surface area contributed by atoms with Gasteiger partial charge in [-0.05, 0) is 73.5 Å². The normalized spacial score (nSPS) is 16.2. The minimum absolute atomic E-state index is 0.0208. The predicted octanol–water partition coefficient (Wildman–Crippen LogP) is 6.29. The van der Waals surface area contributed by atoms with Crippen molar-refractivity contribution < 1.29 is 23.5 Å². The lowest BCUT2D eigenvalue weighted by atomic mass is 10.1. The van der Waals surface area contributed by atoms with E-state index in [0.29, 0.717) is 34.1 Å². The lowest BCUT2D eigenvalue weighted by molar-refractivity contribution is -0.123. The second kappa shape index (κ2) is 10.2. The van der Waals surface area contributed by atoms with Crippen molar-refractivity contribution >= 4 is 40.6 Å². The maximum atomic E-state index is 13.3. The van der Waals surface area contributed by atoms with Crippen LogP contribution in [-0.4, -0.2) is 28.8 Å². The van der Waals surface area contributed by atoms with E-state index in [9.17, 15) is 14.0 Å². The molecule has 1 saturated heterocycles. The van der Waals surface area contributed by atoms with Gasteiger partial charge in [0.2, 0.25) is 0 Å². The predicted molar refractivity (Wildman–Crippen MR) is 121 cm³/mol. The molecule has 1 heterocycles. The van der Waals surface area contributed by atoms with Crippen LogP contribution in [0.4, 0.5) is 9.18 Å². The highest BCUT2D eigenvalue weighted by atomic mass is 35.5. The summed E-state index contributed by atoms with van der Waals surface area (Å²) in [4.78, 5) is 26.6. The maximum Gasteiger partial charge on any atom is 0.293 e. The molecule has 2 aromatic rings. The van der Waals surface area contributed by atoms with E-state index in [1.54, 1.807) is 18.2 Å². The van der Waals surface area contributed by atoms with Crippen LogP contribution < -0.4 is 9.47 Å². The summed E-state index contributed by atoms with van der Waals surface area (Å²) in [6.07, 6.45) is 2.55. The highest BCUT2D eigenvalue weighted by Crippen LogP contribution is 2.36. The molecule has 0 aliphatic carbocycles. The number of hydrogen-bond acceptors (Lipinski definition) is 5. The molecule has 8 heteroatoms. The van der Waals surface area contributed by atoms with Gasteiger partial charge in [0.1, 0.15) is 5.82 Å². The lowest BCUT2D eigenvalue weighted by Gasteiger charge is -2.16. The van der Waals surface area contributed by atoms with Gasteiger partial charge >= 0.3 is 0 Å². The number of carbonyl (C=O) groups is 2. The number of hydrogen-bond donors (Lipinski definition) is 0. The number of halogens is 2. The van der Waals surface area contributed by atoms with Crippen molar-refractivity contribution in [3.8, 4) is 11.5 Å². The zero-order valence-electron chi connectivity index (χ0n) is 17.5. The summed E-state index contributed by atoms with van der Waals surface area (Å²) < 4.78 is 24.8. The van der Waals surface area contributed by atoms with Crippen molar-refractivity contribution in [2.75, 3.05) is 6.61 Å². The second-order valence-electron chi connectivity index (χ2n) is 6.98. The average Bonchev–Trinajstić information content (AvgIpc) is 2.99. The van der Waals surface area contributed by atoms with Gasteiger partial charge < -0.3 is 9.47 Å². The first-order valence-corrected chi connectivity index (χ1v) is 11.1. The second-order valence-corrected chi connectivity index (χ2v) is 8.38. The summed E-state index contributed by atoms with van der Waals surface area (Å²) >= 11 is 6.89. The van der Waals surface area contributed by atoms with Crippen molar-refractivity contribution in [1.82, 2.24) is 4.90 Å². The van der Waals surface area contributed by atoms with E-state index in [2.05, 4.69) is 0 Å². The first-order valence-electron chi connectivity index (χ1n) is 9.95. The van der Waals surface area contributed by atoms with Gasteiger partial charge in [0.25, 0.3) is 11.1 Å². The molecule has 2 amide bonds. The van der Waals surface area contributed by atoms with Crippen LogP contribution in [-0.2, 0) is 11.3 Å². The summed E-state index contributed by atoms with van der Waals surface area (Å²) in [6.45, 7) is 6.34. The number of benzene rings is 2. The molecular weight excluding hydrogens is 441 g/mol. The van der Waals surface area contributed by atoms with Gasteiger partial charge in [0.05, 0.1) is 24.2 Å². The Balaban J connectivity index is 1.82. The molecule has 1 fully saturated rings. The first kappa shape index (κ1) is 23.2. The number of thioether (sulfide) groups is 1. The minimum Gasteiger partial charge on any atom is -0.490 e. The van der Waals surface area contributed by atoms with Gasteiger partial charge in [-0.1, -0.05) is 30.7 Å². The number of amides is 2. The molecule has 0 saturated carbocycles. The molecule has 0 aromatic heterocycles. The van der Waals surface area contributed by atoms with Crippen LogP contribution >= 0.6 is 23.4 Å². The Morgan fingerprint density at radius 2 is 1.94 bits per heavy atom. The molecule has 0 unspecified atom stereocenters.